The van der Waals surface area contributed by atoms with Crippen molar-refractivity contribution in [2.75, 3.05) is 13.1 Å². The van der Waals surface area contributed by atoms with E-state index in [-0.39, 0.29) is 10.4 Å². The topological polar surface area (TPSA) is 55.2 Å². The fraction of sp³-hybridized carbons (Fsp3) is 0.769. The maximum Gasteiger partial charge on any atom is 0.262 e. The second-order valence-corrected chi connectivity index (χ2v) is 7.90. The summed E-state index contributed by atoms with van der Waals surface area (Å²) in [6.45, 7) is 7.55. The lowest BCUT2D eigenvalue weighted by atomic mass is 9.95. The summed E-state index contributed by atoms with van der Waals surface area (Å²) in [4.78, 5) is 4.19. The number of alkyl halides is 1. The molecule has 1 fully saturated rings. The number of aromatic nitrogens is 2. The molecule has 1 aliphatic heterocycles. The van der Waals surface area contributed by atoms with Gasteiger partial charge >= 0.3 is 0 Å². The Bertz CT molecular complexity index is 560. The van der Waals surface area contributed by atoms with E-state index in [9.17, 15) is 8.42 Å². The quantitative estimate of drug-likeness (QED) is 0.800. The van der Waals surface area contributed by atoms with Crippen molar-refractivity contribution in [3.63, 3.8) is 0 Å². The van der Waals surface area contributed by atoms with Crippen LogP contribution in [0.15, 0.2) is 11.2 Å². The van der Waals surface area contributed by atoms with E-state index < -0.39 is 10.0 Å². The SMILES string of the molecule is CCn1cc(S(=O)(=O)N2CCC(C(C)Cl)CC2)nc1C. The van der Waals surface area contributed by atoms with Crippen LogP contribution in [-0.2, 0) is 16.6 Å². The molecule has 2 rings (SSSR count). The average Bonchev–Trinajstić information content (AvgIpc) is 2.80. The molecule has 0 aromatic carbocycles. The Kier molecular flexibility index (Phi) is 4.76. The summed E-state index contributed by atoms with van der Waals surface area (Å²) in [5.41, 5.74) is 0. The zero-order valence-electron chi connectivity index (χ0n) is 12.2. The molecule has 2 heterocycles. The number of hydrogen-bond acceptors (Lipinski definition) is 3. The van der Waals surface area contributed by atoms with Gasteiger partial charge in [-0.2, -0.15) is 4.31 Å². The van der Waals surface area contributed by atoms with Crippen molar-refractivity contribution in [3.05, 3.63) is 12.0 Å². The summed E-state index contributed by atoms with van der Waals surface area (Å²) in [7, 11) is -3.46. The van der Waals surface area contributed by atoms with Crippen molar-refractivity contribution in [2.45, 2.75) is 50.6 Å². The van der Waals surface area contributed by atoms with Crippen LogP contribution in [0.4, 0.5) is 0 Å². The van der Waals surface area contributed by atoms with Crippen LogP contribution in [0.5, 0.6) is 0 Å². The second kappa shape index (κ2) is 6.03. The van der Waals surface area contributed by atoms with Crippen LogP contribution in [0.3, 0.4) is 0 Å². The summed E-state index contributed by atoms with van der Waals surface area (Å²) in [5, 5.41) is 0.260. The van der Waals surface area contributed by atoms with Gasteiger partial charge < -0.3 is 4.57 Å². The third-order valence-corrected chi connectivity index (χ3v) is 6.17. The molecule has 1 unspecified atom stereocenters. The standard InChI is InChI=1S/C13H22ClN3O2S/c1-4-16-9-13(15-11(16)3)20(18,19)17-7-5-12(6-8-17)10(2)14/h9-10,12H,4-8H2,1-3H3. The molecule has 1 aliphatic rings. The van der Waals surface area contributed by atoms with E-state index in [0.29, 0.717) is 19.0 Å². The molecule has 1 aromatic heterocycles. The van der Waals surface area contributed by atoms with Crippen LogP contribution < -0.4 is 0 Å². The number of aryl methyl sites for hydroxylation is 2. The van der Waals surface area contributed by atoms with Crippen molar-refractivity contribution in [2.24, 2.45) is 5.92 Å². The molecular formula is C13H22ClN3O2S. The van der Waals surface area contributed by atoms with Crippen LogP contribution in [0, 0.1) is 12.8 Å². The minimum atomic E-state index is -3.46. The molecule has 0 radical (unpaired) electrons. The van der Waals surface area contributed by atoms with E-state index in [2.05, 4.69) is 4.98 Å². The van der Waals surface area contributed by atoms with Crippen LogP contribution >= 0.6 is 11.6 Å². The molecule has 114 valence electrons. The van der Waals surface area contributed by atoms with Gasteiger partial charge in [-0.1, -0.05) is 0 Å². The molecular weight excluding hydrogens is 298 g/mol. The predicted octanol–water partition coefficient (Wildman–Crippen LogP) is 2.24. The Balaban J connectivity index is 2.15. The highest BCUT2D eigenvalue weighted by molar-refractivity contribution is 7.89. The zero-order chi connectivity index (χ0) is 14.9. The number of imidazole rings is 1. The Morgan fingerprint density at radius 3 is 2.50 bits per heavy atom. The van der Waals surface area contributed by atoms with E-state index in [0.717, 1.165) is 25.2 Å². The predicted molar refractivity (Wildman–Crippen MR) is 79.4 cm³/mol. The number of hydrogen-bond donors (Lipinski definition) is 0. The highest BCUT2D eigenvalue weighted by atomic mass is 35.5. The fourth-order valence-electron chi connectivity index (χ4n) is 2.63. The van der Waals surface area contributed by atoms with E-state index in [1.165, 1.54) is 4.31 Å². The summed E-state index contributed by atoms with van der Waals surface area (Å²) in [5.74, 6) is 1.13. The number of sulfonamides is 1. The van der Waals surface area contributed by atoms with Crippen LogP contribution in [-0.4, -0.2) is 40.7 Å². The lowest BCUT2D eigenvalue weighted by Gasteiger charge is -2.31. The smallest absolute Gasteiger partial charge is 0.262 e. The summed E-state index contributed by atoms with van der Waals surface area (Å²) >= 11 is 6.09. The summed E-state index contributed by atoms with van der Waals surface area (Å²) in [6.07, 6.45) is 3.26. The van der Waals surface area contributed by atoms with Crippen molar-refractivity contribution in [1.82, 2.24) is 13.9 Å². The highest BCUT2D eigenvalue weighted by Crippen LogP contribution is 2.27. The van der Waals surface area contributed by atoms with Crippen LogP contribution in [0.25, 0.3) is 0 Å². The monoisotopic (exact) mass is 319 g/mol. The molecule has 20 heavy (non-hydrogen) atoms. The Morgan fingerprint density at radius 1 is 1.45 bits per heavy atom. The molecule has 1 atom stereocenters. The van der Waals surface area contributed by atoms with Gasteiger partial charge in [0.1, 0.15) is 5.82 Å². The van der Waals surface area contributed by atoms with Gasteiger partial charge in [0.15, 0.2) is 5.03 Å². The molecule has 7 heteroatoms. The molecule has 1 aromatic rings. The number of piperidine rings is 1. The van der Waals surface area contributed by atoms with Crippen molar-refractivity contribution in [3.8, 4) is 0 Å². The Hall–Kier alpha value is -0.590. The van der Waals surface area contributed by atoms with E-state index >= 15 is 0 Å². The molecule has 0 saturated carbocycles. The van der Waals surface area contributed by atoms with Crippen molar-refractivity contribution < 1.29 is 8.42 Å². The highest BCUT2D eigenvalue weighted by Gasteiger charge is 2.32. The molecule has 0 amide bonds. The fourth-order valence-corrected chi connectivity index (χ4v) is 4.35. The van der Waals surface area contributed by atoms with Gasteiger partial charge in [0.2, 0.25) is 0 Å². The minimum Gasteiger partial charge on any atom is -0.334 e. The molecule has 0 spiro atoms. The van der Waals surface area contributed by atoms with Crippen molar-refractivity contribution in [1.29, 1.82) is 0 Å². The van der Waals surface area contributed by atoms with Gasteiger partial charge in [-0.3, -0.25) is 0 Å². The Morgan fingerprint density at radius 2 is 2.05 bits per heavy atom. The van der Waals surface area contributed by atoms with Gasteiger partial charge in [-0.25, -0.2) is 13.4 Å². The van der Waals surface area contributed by atoms with Gasteiger partial charge in [-0.15, -0.1) is 11.6 Å². The number of rotatable bonds is 4. The first-order valence-electron chi connectivity index (χ1n) is 7.04. The third-order valence-electron chi connectivity index (χ3n) is 4.05. The maximum absolute atomic E-state index is 12.6. The minimum absolute atomic E-state index is 0.0985. The normalized spacial score (nSPS) is 20.2. The van der Waals surface area contributed by atoms with Crippen LogP contribution in [0.2, 0.25) is 0 Å². The largest absolute Gasteiger partial charge is 0.334 e. The van der Waals surface area contributed by atoms with Crippen molar-refractivity contribution >= 4 is 21.6 Å². The Labute approximate surface area is 126 Å². The number of nitrogens with zero attached hydrogens (tertiary/aromatic N) is 3. The zero-order valence-corrected chi connectivity index (χ0v) is 13.8. The second-order valence-electron chi connectivity index (χ2n) is 5.33. The maximum atomic E-state index is 12.6. The summed E-state index contributed by atoms with van der Waals surface area (Å²) < 4.78 is 28.5. The van der Waals surface area contributed by atoms with E-state index in [1.54, 1.807) is 6.20 Å². The lowest BCUT2D eigenvalue weighted by molar-refractivity contribution is 0.271. The molecule has 0 bridgehead atoms. The van der Waals surface area contributed by atoms with E-state index in [4.69, 9.17) is 11.6 Å². The molecule has 0 aliphatic carbocycles. The third kappa shape index (κ3) is 3.02. The summed E-state index contributed by atoms with van der Waals surface area (Å²) in [6, 6.07) is 0. The number of halogens is 1. The lowest BCUT2D eigenvalue weighted by Crippen LogP contribution is -2.40. The van der Waals surface area contributed by atoms with E-state index in [1.807, 2.05) is 25.3 Å². The van der Waals surface area contributed by atoms with Gasteiger partial charge in [0.05, 0.1) is 0 Å². The average molecular weight is 320 g/mol. The molecule has 5 nitrogen and oxygen atoms in total. The molecule has 1 saturated heterocycles. The first-order valence-corrected chi connectivity index (χ1v) is 8.92. The molecule has 0 N–H and O–H groups in total. The first-order chi connectivity index (χ1) is 9.36. The van der Waals surface area contributed by atoms with Gasteiger partial charge in [0.25, 0.3) is 10.0 Å². The first kappa shape index (κ1) is 15.8. The van der Waals surface area contributed by atoms with Gasteiger partial charge in [0, 0.05) is 31.2 Å². The van der Waals surface area contributed by atoms with Gasteiger partial charge in [-0.05, 0) is 39.5 Å². The van der Waals surface area contributed by atoms with Crippen LogP contribution in [0.1, 0.15) is 32.5 Å².